The van der Waals surface area contributed by atoms with Crippen LogP contribution >= 0.6 is 23.2 Å². The van der Waals surface area contributed by atoms with Crippen molar-refractivity contribution >= 4 is 62.3 Å². The molecular formula is C22H18Cl2N4O5S. The number of amides is 2. The van der Waals surface area contributed by atoms with E-state index in [1.54, 1.807) is 32.9 Å². The van der Waals surface area contributed by atoms with Crippen LogP contribution in [0.1, 0.15) is 16.8 Å². The van der Waals surface area contributed by atoms with Gasteiger partial charge in [-0.25, -0.2) is 18.0 Å². The third-order valence-electron chi connectivity index (χ3n) is 5.26. The van der Waals surface area contributed by atoms with Gasteiger partial charge in [0.1, 0.15) is 10.7 Å². The quantitative estimate of drug-likeness (QED) is 0.459. The summed E-state index contributed by atoms with van der Waals surface area (Å²) in [4.78, 5) is 26.6. The van der Waals surface area contributed by atoms with Crippen molar-refractivity contribution in [3.05, 3.63) is 75.0 Å². The Balaban J connectivity index is 1.55. The van der Waals surface area contributed by atoms with Gasteiger partial charge in [0.25, 0.3) is 21.8 Å². The molecule has 0 bridgehead atoms. The maximum Gasteiger partial charge on any atom is 0.283 e. The molecule has 0 saturated carbocycles. The van der Waals surface area contributed by atoms with Gasteiger partial charge in [-0.2, -0.15) is 0 Å². The lowest BCUT2D eigenvalue weighted by Gasteiger charge is -2.17. The number of hydrogen-bond donors (Lipinski definition) is 2. The first-order valence-corrected chi connectivity index (χ1v) is 12.1. The number of halogens is 2. The van der Waals surface area contributed by atoms with Crippen LogP contribution in [0.5, 0.6) is 0 Å². The number of anilines is 3. The summed E-state index contributed by atoms with van der Waals surface area (Å²) in [6, 6.07) is 10.4. The molecule has 0 saturated heterocycles. The Bertz CT molecular complexity index is 1460. The van der Waals surface area contributed by atoms with E-state index in [9.17, 15) is 18.0 Å². The van der Waals surface area contributed by atoms with E-state index >= 15 is 0 Å². The van der Waals surface area contributed by atoms with E-state index in [-0.39, 0.29) is 21.5 Å². The summed E-state index contributed by atoms with van der Waals surface area (Å²) >= 11 is 12.2. The molecule has 2 aromatic carbocycles. The highest BCUT2D eigenvalue weighted by Gasteiger charge is 2.39. The number of hydrogen-bond acceptors (Lipinski definition) is 7. The van der Waals surface area contributed by atoms with Gasteiger partial charge in [0, 0.05) is 16.3 Å². The number of nitrogens with one attached hydrogen (secondary N) is 2. The fraction of sp³-hybridized carbons (Fsp3) is 0.136. The van der Waals surface area contributed by atoms with Crippen LogP contribution in [0.15, 0.2) is 62.6 Å². The monoisotopic (exact) mass is 520 g/mol. The van der Waals surface area contributed by atoms with Gasteiger partial charge >= 0.3 is 0 Å². The maximum atomic E-state index is 13.0. The van der Waals surface area contributed by atoms with E-state index in [2.05, 4.69) is 15.2 Å². The predicted molar refractivity (Wildman–Crippen MR) is 128 cm³/mol. The lowest BCUT2D eigenvalue weighted by atomic mass is 10.2. The molecule has 34 heavy (non-hydrogen) atoms. The Kier molecular flexibility index (Phi) is 6.15. The zero-order valence-corrected chi connectivity index (χ0v) is 20.5. The summed E-state index contributed by atoms with van der Waals surface area (Å²) in [6.45, 7) is 5.11. The highest BCUT2D eigenvalue weighted by Crippen LogP contribution is 2.33. The largest absolute Gasteiger partial charge is 0.350 e. The molecule has 1 aliphatic rings. The van der Waals surface area contributed by atoms with Crippen LogP contribution in [0.3, 0.4) is 0 Å². The molecule has 2 amide bonds. The van der Waals surface area contributed by atoms with Gasteiger partial charge in [-0.1, -0.05) is 34.4 Å². The second-order valence-electron chi connectivity index (χ2n) is 7.54. The normalized spacial score (nSPS) is 14.2. The van der Waals surface area contributed by atoms with E-state index in [1.807, 2.05) is 0 Å². The van der Waals surface area contributed by atoms with Crippen LogP contribution in [-0.4, -0.2) is 25.4 Å². The number of sulfonamides is 1. The smallest absolute Gasteiger partial charge is 0.283 e. The van der Waals surface area contributed by atoms with Gasteiger partial charge in [-0.05, 0) is 62.7 Å². The van der Waals surface area contributed by atoms with E-state index in [4.69, 9.17) is 27.7 Å². The molecule has 4 rings (SSSR count). The molecule has 0 unspecified atom stereocenters. The van der Waals surface area contributed by atoms with Crippen LogP contribution < -0.4 is 14.9 Å². The molecule has 1 aromatic heterocycles. The predicted octanol–water partition coefficient (Wildman–Crippen LogP) is 4.49. The first kappa shape index (κ1) is 23.8. The standard InChI is InChI=1S/C22H18Cl2N4O5S/c1-11-4-5-14(23)10-17(11)28-21(29)18(24)19(22(28)30)25-15-6-8-16(9-7-15)34(31,32)27-20-12(2)13(3)26-33-20/h4-10,25,27H,1-3H3. The van der Waals surface area contributed by atoms with Gasteiger partial charge in [0.15, 0.2) is 0 Å². The van der Waals surface area contributed by atoms with Crippen molar-refractivity contribution in [2.45, 2.75) is 25.7 Å². The molecule has 176 valence electrons. The van der Waals surface area contributed by atoms with Gasteiger partial charge in [0.05, 0.1) is 16.3 Å². The fourth-order valence-electron chi connectivity index (χ4n) is 3.21. The Hall–Kier alpha value is -3.34. The summed E-state index contributed by atoms with van der Waals surface area (Å²) in [6.07, 6.45) is 0. The lowest BCUT2D eigenvalue weighted by Crippen LogP contribution is -2.32. The van der Waals surface area contributed by atoms with E-state index in [0.717, 1.165) is 4.90 Å². The molecule has 12 heteroatoms. The number of benzene rings is 2. The molecule has 0 radical (unpaired) electrons. The SMILES string of the molecule is Cc1ccc(Cl)cc1N1C(=O)C(Cl)=C(Nc2ccc(S(=O)(=O)Nc3onc(C)c3C)cc2)C1=O. The van der Waals surface area contributed by atoms with Gasteiger partial charge < -0.3 is 9.84 Å². The Morgan fingerprint density at radius 3 is 2.26 bits per heavy atom. The van der Waals surface area contributed by atoms with E-state index in [1.165, 1.54) is 30.3 Å². The molecule has 2 heterocycles. The topological polar surface area (TPSA) is 122 Å². The Morgan fingerprint density at radius 2 is 1.65 bits per heavy atom. The highest BCUT2D eigenvalue weighted by atomic mass is 35.5. The van der Waals surface area contributed by atoms with Crippen LogP contribution in [-0.2, 0) is 19.6 Å². The highest BCUT2D eigenvalue weighted by molar-refractivity contribution is 7.92. The number of carbonyl (C=O) groups excluding carboxylic acids is 2. The minimum Gasteiger partial charge on any atom is -0.350 e. The van der Waals surface area contributed by atoms with Gasteiger partial charge in [0.2, 0.25) is 5.88 Å². The summed E-state index contributed by atoms with van der Waals surface area (Å²) in [7, 11) is -3.94. The van der Waals surface area contributed by atoms with E-state index < -0.39 is 21.8 Å². The molecule has 0 spiro atoms. The van der Waals surface area contributed by atoms with E-state index in [0.29, 0.717) is 33.2 Å². The molecule has 2 N–H and O–H groups in total. The van der Waals surface area contributed by atoms with Crippen molar-refractivity contribution in [1.82, 2.24) is 5.16 Å². The number of carbonyl (C=O) groups is 2. The van der Waals surface area contributed by atoms with Crippen LogP contribution in [0.2, 0.25) is 5.02 Å². The second kappa shape index (κ2) is 8.79. The molecule has 3 aromatic rings. The van der Waals surface area contributed by atoms with Crippen LogP contribution in [0.4, 0.5) is 17.3 Å². The van der Waals surface area contributed by atoms with Crippen molar-refractivity contribution in [1.29, 1.82) is 0 Å². The maximum absolute atomic E-state index is 13.0. The number of nitrogens with zero attached hydrogens (tertiary/aromatic N) is 2. The number of imide groups is 1. The minimum absolute atomic E-state index is 0.0307. The van der Waals surface area contributed by atoms with Crippen molar-refractivity contribution in [2.75, 3.05) is 14.9 Å². The molecule has 0 atom stereocenters. The summed E-state index contributed by atoms with van der Waals surface area (Å²) < 4.78 is 32.7. The zero-order chi connectivity index (χ0) is 24.8. The first-order chi connectivity index (χ1) is 16.0. The second-order valence-corrected chi connectivity index (χ2v) is 10.0. The number of aromatic nitrogens is 1. The lowest BCUT2D eigenvalue weighted by molar-refractivity contribution is -0.120. The van der Waals surface area contributed by atoms with Gasteiger partial charge in [-0.15, -0.1) is 0 Å². The molecule has 0 fully saturated rings. The third-order valence-corrected chi connectivity index (χ3v) is 7.19. The number of rotatable bonds is 6. The molecule has 9 nitrogen and oxygen atoms in total. The summed E-state index contributed by atoms with van der Waals surface area (Å²) in [5, 5.41) is 6.60. The van der Waals surface area contributed by atoms with Crippen molar-refractivity contribution in [3.63, 3.8) is 0 Å². The summed E-state index contributed by atoms with van der Waals surface area (Å²) in [5.41, 5.74) is 2.35. The average molecular weight is 521 g/mol. The van der Waals surface area contributed by atoms with Crippen LogP contribution in [0.25, 0.3) is 0 Å². The Labute approximate surface area is 205 Å². The molecule has 0 aliphatic carbocycles. The van der Waals surface area contributed by atoms with Crippen molar-refractivity contribution in [2.24, 2.45) is 0 Å². The zero-order valence-electron chi connectivity index (χ0n) is 18.1. The summed E-state index contributed by atoms with van der Waals surface area (Å²) in [5.74, 6) is -1.32. The molecular weight excluding hydrogens is 503 g/mol. The molecule has 1 aliphatic heterocycles. The van der Waals surface area contributed by atoms with Crippen LogP contribution in [0, 0.1) is 20.8 Å². The first-order valence-electron chi connectivity index (χ1n) is 9.87. The van der Waals surface area contributed by atoms with Gasteiger partial charge in [-0.3, -0.25) is 9.59 Å². The average Bonchev–Trinajstić information content (AvgIpc) is 3.21. The third kappa shape index (κ3) is 4.27. The minimum atomic E-state index is -3.94. The number of aryl methyl sites for hydroxylation is 2. The fourth-order valence-corrected chi connectivity index (χ4v) is 4.63. The van der Waals surface area contributed by atoms with Crippen molar-refractivity contribution < 1.29 is 22.5 Å². The Morgan fingerprint density at radius 1 is 0.971 bits per heavy atom. The van der Waals surface area contributed by atoms with Crippen molar-refractivity contribution in [3.8, 4) is 0 Å².